The number of nitrogens with one attached hydrogen (secondary N) is 1. The Morgan fingerprint density at radius 2 is 1.89 bits per heavy atom. The average molecular weight is 378 g/mol. The molecule has 150 valence electrons. The van der Waals surface area contributed by atoms with E-state index in [-0.39, 0.29) is 18.0 Å². The van der Waals surface area contributed by atoms with E-state index in [2.05, 4.69) is 29.0 Å². The lowest BCUT2D eigenvalue weighted by atomic mass is 10.1. The number of morpholine rings is 1. The first-order valence-corrected chi connectivity index (χ1v) is 9.89. The molecule has 1 aromatic carbocycles. The molecule has 0 saturated carbocycles. The molecule has 3 rings (SSSR count). The van der Waals surface area contributed by atoms with E-state index in [1.165, 1.54) is 12.1 Å². The summed E-state index contributed by atoms with van der Waals surface area (Å²) in [5, 5.41) is 3.03. The van der Waals surface area contributed by atoms with Gasteiger partial charge in [-0.2, -0.15) is 0 Å². The molecule has 0 aromatic heterocycles. The van der Waals surface area contributed by atoms with Gasteiger partial charge in [0.05, 0.1) is 13.2 Å². The third kappa shape index (κ3) is 5.64. The molecular weight excluding hydrogens is 347 g/mol. The van der Waals surface area contributed by atoms with Crippen LogP contribution in [0.5, 0.6) is 0 Å². The number of hydrogen-bond donors (Lipinski definition) is 1. The number of hydrogen-bond acceptors (Lipinski definition) is 4. The lowest BCUT2D eigenvalue weighted by Gasteiger charge is -2.37. The molecule has 0 spiro atoms. The predicted molar refractivity (Wildman–Crippen MR) is 103 cm³/mol. The fourth-order valence-electron chi connectivity index (χ4n) is 3.65. The molecule has 1 N–H and O–H groups in total. The highest BCUT2D eigenvalue weighted by molar-refractivity contribution is 5.74. The van der Waals surface area contributed by atoms with Crippen molar-refractivity contribution >= 4 is 6.03 Å². The largest absolute Gasteiger partial charge is 0.370 e. The third-order valence-electron chi connectivity index (χ3n) is 5.44. The average Bonchev–Trinajstić information content (AvgIpc) is 2.69. The molecule has 27 heavy (non-hydrogen) atoms. The first-order valence-electron chi connectivity index (χ1n) is 9.89. The van der Waals surface area contributed by atoms with Crippen LogP contribution in [0.4, 0.5) is 9.18 Å². The number of carbonyl (C=O) groups is 1. The Bertz CT molecular complexity index is 603. The third-order valence-corrected chi connectivity index (χ3v) is 5.44. The summed E-state index contributed by atoms with van der Waals surface area (Å²) in [5.41, 5.74) is 0.900. The molecule has 2 saturated heterocycles. The number of benzene rings is 1. The first kappa shape index (κ1) is 20.0. The molecule has 1 aromatic rings. The van der Waals surface area contributed by atoms with Crippen LogP contribution in [0.25, 0.3) is 0 Å². The smallest absolute Gasteiger partial charge is 0.317 e. The number of rotatable bonds is 5. The van der Waals surface area contributed by atoms with Crippen molar-refractivity contribution < 1.29 is 13.9 Å². The van der Waals surface area contributed by atoms with Crippen molar-refractivity contribution in [2.24, 2.45) is 0 Å². The van der Waals surface area contributed by atoms with Gasteiger partial charge >= 0.3 is 6.03 Å². The topological polar surface area (TPSA) is 48.0 Å². The monoisotopic (exact) mass is 378 g/mol. The molecule has 0 unspecified atom stereocenters. The molecule has 2 amide bonds. The van der Waals surface area contributed by atoms with Crippen LogP contribution in [0.2, 0.25) is 0 Å². The summed E-state index contributed by atoms with van der Waals surface area (Å²) in [4.78, 5) is 19.2. The van der Waals surface area contributed by atoms with Crippen LogP contribution in [-0.2, 0) is 4.74 Å². The summed E-state index contributed by atoms with van der Waals surface area (Å²) in [6.45, 7) is 11.9. The normalized spacial score (nSPS) is 22.2. The van der Waals surface area contributed by atoms with Gasteiger partial charge in [-0.1, -0.05) is 12.1 Å². The molecular formula is C20H31FN4O2. The second-order valence-electron chi connectivity index (χ2n) is 7.56. The van der Waals surface area contributed by atoms with E-state index in [0.29, 0.717) is 32.3 Å². The van der Waals surface area contributed by atoms with Gasteiger partial charge < -0.3 is 15.0 Å². The second kappa shape index (κ2) is 9.48. The lowest BCUT2D eigenvalue weighted by Crippen LogP contribution is -2.52. The van der Waals surface area contributed by atoms with E-state index in [0.717, 1.165) is 38.3 Å². The van der Waals surface area contributed by atoms with E-state index >= 15 is 0 Å². The van der Waals surface area contributed by atoms with Crippen molar-refractivity contribution in [3.63, 3.8) is 0 Å². The van der Waals surface area contributed by atoms with Crippen molar-refractivity contribution in [2.45, 2.75) is 26.0 Å². The number of nitrogens with zero attached hydrogens (tertiary/aromatic N) is 3. The SMILES string of the molecule is CC(C)N1CCN(CCNC(=O)N2CCO[C@@H](c3ccc(F)cc3)C2)CC1. The zero-order valence-electron chi connectivity index (χ0n) is 16.4. The van der Waals surface area contributed by atoms with E-state index in [1.807, 2.05) is 0 Å². The highest BCUT2D eigenvalue weighted by Gasteiger charge is 2.25. The maximum absolute atomic E-state index is 13.1. The Hall–Kier alpha value is -1.70. The number of carbonyl (C=O) groups excluding carboxylic acids is 1. The summed E-state index contributed by atoms with van der Waals surface area (Å²) in [7, 11) is 0. The van der Waals surface area contributed by atoms with Gasteiger partial charge in [0.25, 0.3) is 0 Å². The van der Waals surface area contributed by atoms with E-state index in [1.54, 1.807) is 17.0 Å². The lowest BCUT2D eigenvalue weighted by molar-refractivity contribution is -0.0155. The Balaban J connectivity index is 1.40. The van der Waals surface area contributed by atoms with Crippen molar-refractivity contribution in [1.29, 1.82) is 0 Å². The summed E-state index contributed by atoms with van der Waals surface area (Å²) in [5.74, 6) is -0.265. The van der Waals surface area contributed by atoms with Crippen molar-refractivity contribution in [1.82, 2.24) is 20.0 Å². The Morgan fingerprint density at radius 3 is 2.56 bits per heavy atom. The van der Waals surface area contributed by atoms with Crippen molar-refractivity contribution in [3.8, 4) is 0 Å². The summed E-state index contributed by atoms with van der Waals surface area (Å²) in [6, 6.07) is 6.85. The molecule has 1 atom stereocenters. The van der Waals surface area contributed by atoms with Crippen molar-refractivity contribution in [3.05, 3.63) is 35.6 Å². The minimum atomic E-state index is -0.265. The number of amides is 2. The highest BCUT2D eigenvalue weighted by atomic mass is 19.1. The molecule has 0 aliphatic carbocycles. The van der Waals surface area contributed by atoms with E-state index < -0.39 is 0 Å². The predicted octanol–water partition coefficient (Wildman–Crippen LogP) is 1.93. The van der Waals surface area contributed by atoms with Crippen LogP contribution >= 0.6 is 0 Å². The van der Waals surface area contributed by atoms with E-state index in [4.69, 9.17) is 4.74 Å². The van der Waals surface area contributed by atoms with Gasteiger partial charge in [0.1, 0.15) is 11.9 Å². The quantitative estimate of drug-likeness (QED) is 0.851. The Kier molecular flexibility index (Phi) is 7.04. The molecule has 0 radical (unpaired) electrons. The minimum absolute atomic E-state index is 0.0498. The molecule has 2 heterocycles. The van der Waals surface area contributed by atoms with Gasteiger partial charge in [-0.3, -0.25) is 9.80 Å². The van der Waals surface area contributed by atoms with Gasteiger partial charge in [-0.25, -0.2) is 9.18 Å². The zero-order chi connectivity index (χ0) is 19.2. The second-order valence-corrected chi connectivity index (χ2v) is 7.56. The Morgan fingerprint density at radius 1 is 1.19 bits per heavy atom. The Labute approximate surface area is 161 Å². The number of piperazine rings is 1. The summed E-state index contributed by atoms with van der Waals surface area (Å²) in [6.07, 6.45) is -0.200. The molecule has 6 nitrogen and oxygen atoms in total. The fourth-order valence-corrected chi connectivity index (χ4v) is 3.65. The van der Waals surface area contributed by atoms with Crippen LogP contribution in [-0.4, -0.2) is 85.7 Å². The molecule has 2 fully saturated rings. The number of urea groups is 1. The molecule has 7 heteroatoms. The standard InChI is InChI=1S/C20H31FN4O2/c1-16(2)24-11-9-23(10-12-24)8-7-22-20(26)25-13-14-27-19(15-25)17-3-5-18(21)6-4-17/h3-6,16,19H,7-15H2,1-2H3,(H,22,26)/t19-/m1/s1. The fraction of sp³-hybridized carbons (Fsp3) is 0.650. The van der Waals surface area contributed by atoms with Crippen LogP contribution in [0.1, 0.15) is 25.5 Å². The van der Waals surface area contributed by atoms with Crippen LogP contribution in [0, 0.1) is 5.82 Å². The van der Waals surface area contributed by atoms with Gasteiger partial charge in [0.15, 0.2) is 0 Å². The first-order chi connectivity index (χ1) is 13.0. The summed E-state index contributed by atoms with van der Waals surface area (Å²) < 4.78 is 18.8. The van der Waals surface area contributed by atoms with Crippen LogP contribution in [0.15, 0.2) is 24.3 Å². The molecule has 2 aliphatic heterocycles. The maximum Gasteiger partial charge on any atom is 0.317 e. The van der Waals surface area contributed by atoms with Crippen LogP contribution in [0.3, 0.4) is 0 Å². The number of ether oxygens (including phenoxy) is 1. The van der Waals surface area contributed by atoms with Gasteiger partial charge in [-0.05, 0) is 31.5 Å². The van der Waals surface area contributed by atoms with Gasteiger partial charge in [0.2, 0.25) is 0 Å². The maximum atomic E-state index is 13.1. The van der Waals surface area contributed by atoms with Gasteiger partial charge in [-0.15, -0.1) is 0 Å². The zero-order valence-corrected chi connectivity index (χ0v) is 16.4. The van der Waals surface area contributed by atoms with Gasteiger partial charge in [0, 0.05) is 51.9 Å². The minimum Gasteiger partial charge on any atom is -0.370 e. The van der Waals surface area contributed by atoms with Crippen LogP contribution < -0.4 is 5.32 Å². The highest BCUT2D eigenvalue weighted by Crippen LogP contribution is 2.22. The molecule has 2 aliphatic rings. The van der Waals surface area contributed by atoms with Crippen molar-refractivity contribution in [2.75, 3.05) is 59.0 Å². The van der Waals surface area contributed by atoms with E-state index in [9.17, 15) is 9.18 Å². The molecule has 0 bridgehead atoms. The number of halogens is 1. The summed E-state index contributed by atoms with van der Waals surface area (Å²) >= 11 is 0.